The van der Waals surface area contributed by atoms with Crippen molar-refractivity contribution in [2.24, 2.45) is 0 Å². The van der Waals surface area contributed by atoms with Crippen LogP contribution in [0.5, 0.6) is 0 Å². The van der Waals surface area contributed by atoms with Gasteiger partial charge in [0, 0.05) is 5.56 Å². The Morgan fingerprint density at radius 3 is 2.19 bits per heavy atom. The predicted molar refractivity (Wildman–Crippen MR) is 66.6 cm³/mol. The minimum Gasteiger partial charge on any atom is -0.206 e. The van der Waals surface area contributed by atoms with E-state index in [1.165, 1.54) is 5.56 Å². The van der Waals surface area contributed by atoms with Gasteiger partial charge >= 0.3 is 0 Å². The molecule has 1 heteroatoms. The summed E-state index contributed by atoms with van der Waals surface area (Å²) in [6, 6.07) is 16.8. The topological polar surface area (TPSA) is 0 Å². The maximum absolute atomic E-state index is 13.8. The molecule has 0 atom stereocenters. The fourth-order valence-electron chi connectivity index (χ4n) is 1.49. The van der Waals surface area contributed by atoms with E-state index in [1.54, 1.807) is 18.2 Å². The Kier molecular flexibility index (Phi) is 3.16. The van der Waals surface area contributed by atoms with Gasteiger partial charge in [-0.05, 0) is 18.6 Å². The maximum Gasteiger partial charge on any atom is 0.131 e. The van der Waals surface area contributed by atoms with E-state index in [2.05, 4.69) is 0 Å². The molecule has 0 nitrogen and oxygen atoms in total. The first kappa shape index (κ1) is 10.6. The van der Waals surface area contributed by atoms with Crippen LogP contribution in [0.25, 0.3) is 11.9 Å². The molecule has 0 aromatic heterocycles. The summed E-state index contributed by atoms with van der Waals surface area (Å²) < 4.78 is 13.8. The molecule has 0 N–H and O–H groups in total. The van der Waals surface area contributed by atoms with Crippen LogP contribution in [0.4, 0.5) is 4.39 Å². The average Bonchev–Trinajstić information content (AvgIpc) is 2.33. The number of halogens is 1. The summed E-state index contributed by atoms with van der Waals surface area (Å²) in [4.78, 5) is 0. The Labute approximate surface area is 95.1 Å². The van der Waals surface area contributed by atoms with Crippen molar-refractivity contribution in [3.8, 4) is 0 Å². The van der Waals surface area contributed by atoms with Crippen molar-refractivity contribution in [1.82, 2.24) is 0 Å². The van der Waals surface area contributed by atoms with E-state index in [0.29, 0.717) is 5.56 Å². The van der Waals surface area contributed by atoms with Gasteiger partial charge < -0.3 is 0 Å². The number of benzene rings is 2. The molecule has 0 aliphatic heterocycles. The van der Waals surface area contributed by atoms with E-state index < -0.39 is 0 Å². The fourth-order valence-corrected chi connectivity index (χ4v) is 1.49. The van der Waals surface area contributed by atoms with E-state index >= 15 is 0 Å². The molecule has 2 aromatic rings. The van der Waals surface area contributed by atoms with Crippen molar-refractivity contribution in [2.45, 2.75) is 6.92 Å². The third-order valence-electron chi connectivity index (χ3n) is 2.42. The van der Waals surface area contributed by atoms with E-state index in [1.807, 2.05) is 49.4 Å². The molecular weight excluding hydrogens is 199 g/mol. The smallest absolute Gasteiger partial charge is 0.131 e. The molecule has 0 heterocycles. The summed E-state index contributed by atoms with van der Waals surface area (Å²) in [6.45, 7) is 2.01. The van der Waals surface area contributed by atoms with Gasteiger partial charge in [0.15, 0.2) is 0 Å². The van der Waals surface area contributed by atoms with Gasteiger partial charge in [0.25, 0.3) is 0 Å². The van der Waals surface area contributed by atoms with Crippen molar-refractivity contribution in [3.05, 3.63) is 71.3 Å². The van der Waals surface area contributed by atoms with Crippen molar-refractivity contribution in [2.75, 3.05) is 0 Å². The van der Waals surface area contributed by atoms with Crippen LogP contribution in [-0.4, -0.2) is 0 Å². The highest BCUT2D eigenvalue weighted by Crippen LogP contribution is 2.19. The molecule has 0 aliphatic carbocycles. The highest BCUT2D eigenvalue weighted by molar-refractivity contribution is 5.76. The number of hydrogen-bond acceptors (Lipinski definition) is 0. The Hall–Kier alpha value is -1.89. The molecule has 16 heavy (non-hydrogen) atoms. The Morgan fingerprint density at radius 2 is 1.56 bits per heavy atom. The summed E-state index contributed by atoms with van der Waals surface area (Å²) in [6.07, 6.45) is 1.55. The summed E-state index contributed by atoms with van der Waals surface area (Å²) >= 11 is 0. The zero-order valence-electron chi connectivity index (χ0n) is 9.15. The van der Waals surface area contributed by atoms with Gasteiger partial charge in [-0.3, -0.25) is 0 Å². The molecule has 0 unspecified atom stereocenters. The zero-order chi connectivity index (χ0) is 11.4. The lowest BCUT2D eigenvalue weighted by atomic mass is 10.1. The number of rotatable bonds is 2. The first-order chi connectivity index (χ1) is 7.75. The third-order valence-corrected chi connectivity index (χ3v) is 2.42. The molecule has 0 bridgehead atoms. The lowest BCUT2D eigenvalue weighted by Gasteiger charge is -1.98. The van der Waals surface area contributed by atoms with Crippen LogP contribution in [0.15, 0.2) is 54.6 Å². The van der Waals surface area contributed by atoms with Gasteiger partial charge in [0.2, 0.25) is 0 Å². The Morgan fingerprint density at radius 1 is 0.938 bits per heavy atom. The Bertz CT molecular complexity index is 481. The summed E-state index contributed by atoms with van der Waals surface area (Å²) in [5.41, 5.74) is 2.67. The monoisotopic (exact) mass is 212 g/mol. The molecule has 0 aliphatic rings. The van der Waals surface area contributed by atoms with Crippen molar-refractivity contribution in [1.29, 1.82) is 0 Å². The fraction of sp³-hybridized carbons (Fsp3) is 0.0667. The van der Waals surface area contributed by atoms with Crippen LogP contribution >= 0.6 is 0 Å². The second-order valence-corrected chi connectivity index (χ2v) is 3.77. The van der Waals surface area contributed by atoms with Crippen molar-refractivity contribution < 1.29 is 4.39 Å². The minimum atomic E-state index is -0.204. The highest BCUT2D eigenvalue weighted by atomic mass is 19.1. The highest BCUT2D eigenvalue weighted by Gasteiger charge is 1.98. The van der Waals surface area contributed by atoms with Crippen LogP contribution in [0.2, 0.25) is 0 Å². The van der Waals surface area contributed by atoms with E-state index in [0.717, 1.165) is 5.56 Å². The standard InChI is InChI=1S/C15H13F/c1-12-7-9-13(10-8-12)11-15(16)14-5-3-2-4-6-14/h2-11H,1H3/b15-11-. The normalized spacial score (nSPS) is 11.5. The number of hydrogen-bond donors (Lipinski definition) is 0. The minimum absolute atomic E-state index is 0.204. The quantitative estimate of drug-likeness (QED) is 0.644. The average molecular weight is 212 g/mol. The maximum atomic E-state index is 13.8. The van der Waals surface area contributed by atoms with Crippen LogP contribution in [0.3, 0.4) is 0 Å². The summed E-state index contributed by atoms with van der Waals surface area (Å²) in [7, 11) is 0. The SMILES string of the molecule is Cc1ccc(/C=C(\F)c2ccccc2)cc1. The lowest BCUT2D eigenvalue weighted by molar-refractivity contribution is 0.765. The van der Waals surface area contributed by atoms with Gasteiger partial charge in [-0.15, -0.1) is 0 Å². The van der Waals surface area contributed by atoms with Gasteiger partial charge in [0.1, 0.15) is 5.83 Å². The third kappa shape index (κ3) is 2.57. The second-order valence-electron chi connectivity index (χ2n) is 3.77. The summed E-state index contributed by atoms with van der Waals surface area (Å²) in [5, 5.41) is 0. The van der Waals surface area contributed by atoms with Crippen LogP contribution in [0.1, 0.15) is 16.7 Å². The molecule has 0 saturated heterocycles. The van der Waals surface area contributed by atoms with Gasteiger partial charge in [0.05, 0.1) is 0 Å². The van der Waals surface area contributed by atoms with Gasteiger partial charge in [-0.1, -0.05) is 60.2 Å². The second kappa shape index (κ2) is 4.75. The molecular formula is C15H13F. The van der Waals surface area contributed by atoms with E-state index in [9.17, 15) is 4.39 Å². The van der Waals surface area contributed by atoms with E-state index in [-0.39, 0.29) is 5.83 Å². The van der Waals surface area contributed by atoms with Gasteiger partial charge in [-0.25, -0.2) is 4.39 Å². The molecule has 0 spiro atoms. The first-order valence-electron chi connectivity index (χ1n) is 5.25. The van der Waals surface area contributed by atoms with Crippen molar-refractivity contribution >= 4 is 11.9 Å². The molecule has 0 saturated carbocycles. The zero-order valence-corrected chi connectivity index (χ0v) is 9.15. The lowest BCUT2D eigenvalue weighted by Crippen LogP contribution is -1.78. The first-order valence-corrected chi connectivity index (χ1v) is 5.25. The van der Waals surface area contributed by atoms with Crippen LogP contribution in [-0.2, 0) is 0 Å². The molecule has 0 radical (unpaired) electrons. The van der Waals surface area contributed by atoms with E-state index in [4.69, 9.17) is 0 Å². The predicted octanol–water partition coefficient (Wildman–Crippen LogP) is 4.46. The molecule has 2 aromatic carbocycles. The van der Waals surface area contributed by atoms with Crippen molar-refractivity contribution in [3.63, 3.8) is 0 Å². The van der Waals surface area contributed by atoms with Gasteiger partial charge in [-0.2, -0.15) is 0 Å². The molecule has 0 amide bonds. The van der Waals surface area contributed by atoms with Crippen LogP contribution in [0, 0.1) is 6.92 Å². The summed E-state index contributed by atoms with van der Waals surface area (Å²) in [5.74, 6) is -0.204. The molecule has 0 fully saturated rings. The largest absolute Gasteiger partial charge is 0.206 e. The molecule has 2 rings (SSSR count). The number of aryl methyl sites for hydroxylation is 1. The Balaban J connectivity index is 2.28. The molecule has 80 valence electrons. The van der Waals surface area contributed by atoms with Crippen LogP contribution < -0.4 is 0 Å².